The fraction of sp³-hybridized carbons (Fsp3) is 0.929. The zero-order valence-corrected chi connectivity index (χ0v) is 22.3. The van der Waals surface area contributed by atoms with Crippen LogP contribution in [0, 0.1) is 46.3 Å². The predicted octanol–water partition coefficient (Wildman–Crippen LogP) is 8.19. The Kier molecular flexibility index (Phi) is 7.35. The SMILES string of the molecule is CC(CCI)CCC[C@@H](C)[C@H]1CC[C@H]2[C@@H]3CC=C4C[C@@H](O)CC[C@]4(C)[C@H]3CC[C@]12C. The molecule has 0 aromatic heterocycles. The van der Waals surface area contributed by atoms with Gasteiger partial charge in [-0.25, -0.2) is 0 Å². The summed E-state index contributed by atoms with van der Waals surface area (Å²) in [5.41, 5.74) is 2.60. The van der Waals surface area contributed by atoms with Crippen molar-refractivity contribution in [3.05, 3.63) is 11.6 Å². The van der Waals surface area contributed by atoms with Crippen molar-refractivity contribution in [1.82, 2.24) is 0 Å². The van der Waals surface area contributed by atoms with Crippen LogP contribution in [0.25, 0.3) is 0 Å². The van der Waals surface area contributed by atoms with E-state index in [0.29, 0.717) is 10.8 Å². The minimum atomic E-state index is -0.0777. The first-order valence-corrected chi connectivity index (χ1v) is 14.8. The largest absolute Gasteiger partial charge is 0.393 e. The van der Waals surface area contributed by atoms with E-state index in [1.807, 2.05) is 0 Å². The molecule has 172 valence electrons. The molecular weight excluding hydrogens is 479 g/mol. The maximum Gasteiger partial charge on any atom is 0.0577 e. The molecule has 2 heteroatoms. The highest BCUT2D eigenvalue weighted by atomic mass is 127. The summed E-state index contributed by atoms with van der Waals surface area (Å²) in [4.78, 5) is 0. The van der Waals surface area contributed by atoms with Gasteiger partial charge in [-0.3, -0.25) is 0 Å². The number of fused-ring (bicyclic) bond motifs is 5. The lowest BCUT2D eigenvalue weighted by molar-refractivity contribution is -0.0573. The fourth-order valence-electron chi connectivity index (χ4n) is 8.94. The average Bonchev–Trinajstić information content (AvgIpc) is 3.06. The second kappa shape index (κ2) is 9.35. The number of rotatable bonds is 7. The lowest BCUT2D eigenvalue weighted by Crippen LogP contribution is -2.50. The Morgan fingerprint density at radius 1 is 1.03 bits per heavy atom. The molecule has 0 heterocycles. The van der Waals surface area contributed by atoms with Crippen LogP contribution < -0.4 is 0 Å². The molecular formula is C28H47IO. The van der Waals surface area contributed by atoms with Crippen LogP contribution in [-0.4, -0.2) is 15.6 Å². The van der Waals surface area contributed by atoms with Crippen LogP contribution in [0.2, 0.25) is 0 Å². The normalized spacial score (nSPS) is 45.1. The molecule has 0 aromatic rings. The van der Waals surface area contributed by atoms with Crippen LogP contribution in [0.5, 0.6) is 0 Å². The van der Waals surface area contributed by atoms with Gasteiger partial charge in [0.25, 0.3) is 0 Å². The summed E-state index contributed by atoms with van der Waals surface area (Å²) in [7, 11) is 0. The Balaban J connectivity index is 1.42. The second-order valence-corrected chi connectivity index (χ2v) is 13.5. The Morgan fingerprint density at radius 2 is 1.83 bits per heavy atom. The van der Waals surface area contributed by atoms with Crippen LogP contribution >= 0.6 is 22.6 Å². The highest BCUT2D eigenvalue weighted by molar-refractivity contribution is 14.1. The van der Waals surface area contributed by atoms with Crippen molar-refractivity contribution >= 4 is 22.6 Å². The van der Waals surface area contributed by atoms with Crippen LogP contribution in [0.4, 0.5) is 0 Å². The molecule has 0 amide bonds. The van der Waals surface area contributed by atoms with E-state index in [2.05, 4.69) is 56.4 Å². The van der Waals surface area contributed by atoms with Crippen molar-refractivity contribution < 1.29 is 5.11 Å². The van der Waals surface area contributed by atoms with Crippen molar-refractivity contribution in [1.29, 1.82) is 0 Å². The van der Waals surface area contributed by atoms with Crippen LogP contribution in [0.15, 0.2) is 11.6 Å². The minimum Gasteiger partial charge on any atom is -0.393 e. The molecule has 3 fully saturated rings. The van der Waals surface area contributed by atoms with Gasteiger partial charge in [-0.15, -0.1) is 0 Å². The van der Waals surface area contributed by atoms with Crippen molar-refractivity contribution in [2.45, 2.75) is 111 Å². The van der Waals surface area contributed by atoms with E-state index in [1.165, 1.54) is 68.6 Å². The van der Waals surface area contributed by atoms with Crippen molar-refractivity contribution in [3.8, 4) is 0 Å². The molecule has 9 atom stereocenters. The summed E-state index contributed by atoms with van der Waals surface area (Å²) in [5.74, 6) is 5.51. The van der Waals surface area contributed by atoms with Gasteiger partial charge >= 0.3 is 0 Å². The first-order valence-electron chi connectivity index (χ1n) is 13.2. The molecule has 0 radical (unpaired) electrons. The topological polar surface area (TPSA) is 20.2 Å². The van der Waals surface area contributed by atoms with E-state index < -0.39 is 0 Å². The third-order valence-electron chi connectivity index (χ3n) is 10.8. The quantitative estimate of drug-likeness (QED) is 0.201. The van der Waals surface area contributed by atoms with Gasteiger partial charge in [-0.2, -0.15) is 0 Å². The highest BCUT2D eigenvalue weighted by Gasteiger charge is 2.59. The average molecular weight is 527 g/mol. The number of alkyl halides is 1. The lowest BCUT2D eigenvalue weighted by Gasteiger charge is -2.58. The van der Waals surface area contributed by atoms with E-state index >= 15 is 0 Å². The van der Waals surface area contributed by atoms with E-state index in [9.17, 15) is 5.11 Å². The number of aliphatic hydroxyl groups excluding tert-OH is 1. The molecule has 0 aliphatic heterocycles. The van der Waals surface area contributed by atoms with Gasteiger partial charge in [-0.1, -0.05) is 81.2 Å². The van der Waals surface area contributed by atoms with E-state index in [4.69, 9.17) is 0 Å². The molecule has 0 aromatic carbocycles. The number of allylic oxidation sites excluding steroid dienone is 1. The third kappa shape index (κ3) is 4.19. The summed E-state index contributed by atoms with van der Waals surface area (Å²) >= 11 is 2.53. The van der Waals surface area contributed by atoms with Gasteiger partial charge in [0, 0.05) is 0 Å². The van der Waals surface area contributed by atoms with Gasteiger partial charge < -0.3 is 5.11 Å². The van der Waals surface area contributed by atoms with E-state index in [0.717, 1.165) is 48.3 Å². The number of hydrogen-bond acceptors (Lipinski definition) is 1. The maximum atomic E-state index is 10.2. The highest BCUT2D eigenvalue weighted by Crippen LogP contribution is 2.67. The first kappa shape index (κ1) is 23.6. The minimum absolute atomic E-state index is 0.0777. The molecule has 4 aliphatic carbocycles. The molecule has 4 rings (SSSR count). The van der Waals surface area contributed by atoms with E-state index in [-0.39, 0.29) is 6.10 Å². The zero-order chi connectivity index (χ0) is 21.5. The van der Waals surface area contributed by atoms with Gasteiger partial charge in [0.2, 0.25) is 0 Å². The lowest BCUT2D eigenvalue weighted by atomic mass is 9.47. The molecule has 3 saturated carbocycles. The summed E-state index contributed by atoms with van der Waals surface area (Å²) in [5, 5.41) is 10.2. The molecule has 30 heavy (non-hydrogen) atoms. The smallest absolute Gasteiger partial charge is 0.0577 e. The summed E-state index contributed by atoms with van der Waals surface area (Å²) in [6.07, 6.45) is 18.6. The third-order valence-corrected chi connectivity index (χ3v) is 11.4. The van der Waals surface area contributed by atoms with Gasteiger partial charge in [-0.05, 0) is 109 Å². The Morgan fingerprint density at radius 3 is 2.60 bits per heavy atom. The van der Waals surface area contributed by atoms with Gasteiger partial charge in [0.15, 0.2) is 0 Å². The van der Waals surface area contributed by atoms with Crippen molar-refractivity contribution in [2.24, 2.45) is 46.3 Å². The maximum absolute atomic E-state index is 10.2. The summed E-state index contributed by atoms with van der Waals surface area (Å²) in [6, 6.07) is 0. The van der Waals surface area contributed by atoms with E-state index in [1.54, 1.807) is 5.57 Å². The predicted molar refractivity (Wildman–Crippen MR) is 137 cm³/mol. The monoisotopic (exact) mass is 526 g/mol. The molecule has 0 bridgehead atoms. The molecule has 1 unspecified atom stereocenters. The van der Waals surface area contributed by atoms with Crippen molar-refractivity contribution in [3.63, 3.8) is 0 Å². The molecule has 1 N–H and O–H groups in total. The summed E-state index contributed by atoms with van der Waals surface area (Å²) in [6.45, 7) is 10.3. The molecule has 0 saturated heterocycles. The number of halogens is 1. The Bertz CT molecular complexity index is 628. The standard InChI is InChI=1S/C28H47IO/c1-19(14-17-29)6-5-7-20(2)24-10-11-25-23-9-8-21-18-22(30)12-15-27(21,3)26(23)13-16-28(24,25)4/h8,19-20,22-26,30H,5-7,9-18H2,1-4H3/t19?,20-,22+,23+,24-,25+,26+,27+,28-/m1/s1. The Labute approximate surface area is 200 Å². The molecule has 1 nitrogen and oxygen atoms in total. The zero-order valence-electron chi connectivity index (χ0n) is 20.1. The van der Waals surface area contributed by atoms with Gasteiger partial charge in [0.1, 0.15) is 0 Å². The first-order chi connectivity index (χ1) is 14.3. The second-order valence-electron chi connectivity index (χ2n) is 12.4. The van der Waals surface area contributed by atoms with Crippen LogP contribution in [0.3, 0.4) is 0 Å². The Hall–Kier alpha value is 0.430. The molecule has 0 spiro atoms. The fourth-order valence-corrected chi connectivity index (χ4v) is 10.0. The summed E-state index contributed by atoms with van der Waals surface area (Å²) < 4.78 is 1.31. The van der Waals surface area contributed by atoms with Crippen LogP contribution in [0.1, 0.15) is 105 Å². The van der Waals surface area contributed by atoms with Gasteiger partial charge in [0.05, 0.1) is 6.10 Å². The van der Waals surface area contributed by atoms with Crippen molar-refractivity contribution in [2.75, 3.05) is 4.43 Å². The van der Waals surface area contributed by atoms with Crippen LogP contribution in [-0.2, 0) is 0 Å². The molecule has 4 aliphatic rings. The number of hydrogen-bond donors (Lipinski definition) is 1. The number of aliphatic hydroxyl groups is 1.